The Morgan fingerprint density at radius 1 is 0.328 bits per heavy atom. The molecule has 0 saturated heterocycles. The van der Waals surface area contributed by atoms with Gasteiger partial charge in [-0.3, -0.25) is 14.4 Å². The van der Waals surface area contributed by atoms with Crippen molar-refractivity contribution >= 4 is 17.9 Å². The van der Waals surface area contributed by atoms with Crippen molar-refractivity contribution in [2.75, 3.05) is 13.2 Å². The summed E-state index contributed by atoms with van der Waals surface area (Å²) in [7, 11) is 0. The fraction of sp³-hybridized carbons (Fsp3) is 0.865. The molecule has 0 N–H and O–H groups in total. The van der Waals surface area contributed by atoms with E-state index < -0.39 is 6.10 Å². The molecule has 58 heavy (non-hydrogen) atoms. The van der Waals surface area contributed by atoms with E-state index in [0.717, 1.165) is 83.5 Å². The summed E-state index contributed by atoms with van der Waals surface area (Å²) in [4.78, 5) is 37.8. The van der Waals surface area contributed by atoms with Crippen molar-refractivity contribution in [2.24, 2.45) is 0 Å². The van der Waals surface area contributed by atoms with Crippen molar-refractivity contribution in [1.82, 2.24) is 0 Å². The first-order chi connectivity index (χ1) is 28.5. The summed E-state index contributed by atoms with van der Waals surface area (Å²) >= 11 is 0. The zero-order valence-electron chi connectivity index (χ0n) is 38.8. The van der Waals surface area contributed by atoms with Crippen LogP contribution in [0.5, 0.6) is 0 Å². The van der Waals surface area contributed by atoms with Gasteiger partial charge in [0.1, 0.15) is 13.2 Å². The molecule has 0 amide bonds. The maximum absolute atomic E-state index is 12.7. The normalized spacial score (nSPS) is 12.1. The second-order valence-electron chi connectivity index (χ2n) is 17.1. The van der Waals surface area contributed by atoms with Gasteiger partial charge in [-0.25, -0.2) is 0 Å². The van der Waals surface area contributed by atoms with Gasteiger partial charge in [0.15, 0.2) is 6.10 Å². The summed E-state index contributed by atoms with van der Waals surface area (Å²) in [6.07, 6.45) is 53.1. The minimum absolute atomic E-state index is 0.0740. The van der Waals surface area contributed by atoms with Crippen LogP contribution in [0.2, 0.25) is 0 Å². The smallest absolute Gasteiger partial charge is 0.306 e. The Kier molecular flexibility index (Phi) is 45.8. The summed E-state index contributed by atoms with van der Waals surface area (Å²) in [6, 6.07) is 0. The average Bonchev–Trinajstić information content (AvgIpc) is 3.22. The number of hydrogen-bond acceptors (Lipinski definition) is 6. The third-order valence-corrected chi connectivity index (χ3v) is 11.2. The van der Waals surface area contributed by atoms with Gasteiger partial charge in [0.2, 0.25) is 0 Å². The van der Waals surface area contributed by atoms with E-state index in [1.165, 1.54) is 148 Å². The van der Waals surface area contributed by atoms with Gasteiger partial charge in [-0.1, -0.05) is 218 Å². The summed E-state index contributed by atoms with van der Waals surface area (Å²) < 4.78 is 16.7. The predicted molar refractivity (Wildman–Crippen MR) is 247 cm³/mol. The molecule has 0 bridgehead atoms. The standard InChI is InChI=1S/C52H96O6/c1-4-7-10-13-16-19-22-23-24-25-26-27-28-29-31-33-36-39-42-45-51(54)57-48-49(47-56-50(53)44-41-38-35-32-21-18-15-12-9-6-3)58-52(55)46-43-40-37-34-30-20-17-14-11-8-5-2/h12,14-15,17,49H,4-11,13,16,18-48H2,1-3H3/b15-12-,17-14-. The molecule has 6 nitrogen and oxygen atoms in total. The number of hydrogen-bond donors (Lipinski definition) is 0. The number of esters is 3. The first kappa shape index (κ1) is 55.9. The van der Waals surface area contributed by atoms with Gasteiger partial charge in [0, 0.05) is 19.3 Å². The number of ether oxygens (including phenoxy) is 3. The number of rotatable bonds is 46. The van der Waals surface area contributed by atoms with Gasteiger partial charge in [0.25, 0.3) is 0 Å². The van der Waals surface area contributed by atoms with Crippen LogP contribution in [0.25, 0.3) is 0 Å². The van der Waals surface area contributed by atoms with Gasteiger partial charge in [0.05, 0.1) is 0 Å². The van der Waals surface area contributed by atoms with E-state index in [2.05, 4.69) is 45.1 Å². The Morgan fingerprint density at radius 2 is 0.621 bits per heavy atom. The molecule has 0 aromatic heterocycles. The fourth-order valence-corrected chi connectivity index (χ4v) is 7.31. The lowest BCUT2D eigenvalue weighted by Gasteiger charge is -2.18. The van der Waals surface area contributed by atoms with Crippen LogP contribution in [0, 0.1) is 0 Å². The van der Waals surface area contributed by atoms with E-state index in [9.17, 15) is 14.4 Å². The van der Waals surface area contributed by atoms with E-state index in [-0.39, 0.29) is 31.1 Å². The second kappa shape index (κ2) is 47.6. The van der Waals surface area contributed by atoms with Crippen LogP contribution in [0.4, 0.5) is 0 Å². The van der Waals surface area contributed by atoms with E-state index in [0.29, 0.717) is 19.3 Å². The summed E-state index contributed by atoms with van der Waals surface area (Å²) in [5.74, 6) is -0.885. The topological polar surface area (TPSA) is 78.9 Å². The summed E-state index contributed by atoms with van der Waals surface area (Å²) in [6.45, 7) is 6.55. The first-order valence-electron chi connectivity index (χ1n) is 25.3. The molecule has 0 aromatic rings. The molecule has 0 radical (unpaired) electrons. The molecule has 0 aliphatic rings. The molecule has 6 heteroatoms. The van der Waals surface area contributed by atoms with E-state index >= 15 is 0 Å². The molecule has 0 fully saturated rings. The van der Waals surface area contributed by atoms with E-state index in [4.69, 9.17) is 14.2 Å². The Hall–Kier alpha value is -2.11. The van der Waals surface area contributed by atoms with Crippen molar-refractivity contribution in [2.45, 2.75) is 277 Å². The van der Waals surface area contributed by atoms with Crippen LogP contribution in [0.1, 0.15) is 271 Å². The number of carbonyl (C=O) groups is 3. The van der Waals surface area contributed by atoms with Crippen LogP contribution in [0.15, 0.2) is 24.3 Å². The highest BCUT2D eigenvalue weighted by atomic mass is 16.6. The van der Waals surface area contributed by atoms with Crippen LogP contribution in [-0.2, 0) is 28.6 Å². The van der Waals surface area contributed by atoms with Crippen molar-refractivity contribution in [1.29, 1.82) is 0 Å². The quantitative estimate of drug-likeness (QED) is 0.0263. The third kappa shape index (κ3) is 45.0. The Balaban J connectivity index is 4.24. The SMILES string of the molecule is CCC/C=C\CCCCCCCC(=O)OCC(COC(=O)CCCCCCCCCCCCCCCCCCCCC)OC(=O)CCCCCCC/C=C\CCCC. The molecule has 1 atom stereocenters. The van der Waals surface area contributed by atoms with Crippen molar-refractivity contribution < 1.29 is 28.6 Å². The molecule has 0 heterocycles. The minimum atomic E-state index is -0.772. The third-order valence-electron chi connectivity index (χ3n) is 11.2. The zero-order chi connectivity index (χ0) is 42.3. The molecule has 340 valence electrons. The highest BCUT2D eigenvalue weighted by molar-refractivity contribution is 5.71. The van der Waals surface area contributed by atoms with Gasteiger partial charge in [-0.05, 0) is 57.8 Å². The average molecular weight is 817 g/mol. The van der Waals surface area contributed by atoms with Crippen molar-refractivity contribution in [3.05, 3.63) is 24.3 Å². The molecular weight excluding hydrogens is 721 g/mol. The van der Waals surface area contributed by atoms with Gasteiger partial charge in [-0.15, -0.1) is 0 Å². The van der Waals surface area contributed by atoms with Gasteiger partial charge < -0.3 is 14.2 Å². The summed E-state index contributed by atoms with van der Waals surface area (Å²) in [5.41, 5.74) is 0. The summed E-state index contributed by atoms with van der Waals surface area (Å²) in [5, 5.41) is 0. The molecule has 1 unspecified atom stereocenters. The lowest BCUT2D eigenvalue weighted by molar-refractivity contribution is -0.167. The number of allylic oxidation sites excluding steroid dienone is 4. The maximum atomic E-state index is 12.7. The maximum Gasteiger partial charge on any atom is 0.306 e. The van der Waals surface area contributed by atoms with Crippen molar-refractivity contribution in [3.8, 4) is 0 Å². The molecular formula is C52H96O6. The van der Waals surface area contributed by atoms with Crippen LogP contribution in [0.3, 0.4) is 0 Å². The zero-order valence-corrected chi connectivity index (χ0v) is 38.8. The molecule has 0 aromatic carbocycles. The highest BCUT2D eigenvalue weighted by Gasteiger charge is 2.19. The predicted octanol–water partition coefficient (Wildman–Crippen LogP) is 16.4. The minimum Gasteiger partial charge on any atom is -0.462 e. The molecule has 0 saturated carbocycles. The fourth-order valence-electron chi connectivity index (χ4n) is 7.31. The van der Waals surface area contributed by atoms with Crippen LogP contribution < -0.4 is 0 Å². The molecule has 0 aliphatic carbocycles. The molecule has 0 aliphatic heterocycles. The Labute approximate surface area is 360 Å². The van der Waals surface area contributed by atoms with Crippen LogP contribution >= 0.6 is 0 Å². The van der Waals surface area contributed by atoms with Crippen LogP contribution in [-0.4, -0.2) is 37.2 Å². The number of carbonyl (C=O) groups excluding carboxylic acids is 3. The highest BCUT2D eigenvalue weighted by Crippen LogP contribution is 2.16. The lowest BCUT2D eigenvalue weighted by Crippen LogP contribution is -2.30. The van der Waals surface area contributed by atoms with Crippen molar-refractivity contribution in [3.63, 3.8) is 0 Å². The largest absolute Gasteiger partial charge is 0.462 e. The van der Waals surface area contributed by atoms with Gasteiger partial charge in [-0.2, -0.15) is 0 Å². The second-order valence-corrected chi connectivity index (χ2v) is 17.1. The van der Waals surface area contributed by atoms with Gasteiger partial charge >= 0.3 is 17.9 Å². The Morgan fingerprint density at radius 3 is 0.983 bits per heavy atom. The first-order valence-corrected chi connectivity index (χ1v) is 25.3. The monoisotopic (exact) mass is 817 g/mol. The van der Waals surface area contributed by atoms with E-state index in [1.807, 2.05) is 0 Å². The molecule has 0 rings (SSSR count). The number of unbranched alkanes of at least 4 members (excludes halogenated alkanes) is 31. The lowest BCUT2D eigenvalue weighted by atomic mass is 10.0. The molecule has 0 spiro atoms. The van der Waals surface area contributed by atoms with E-state index in [1.54, 1.807) is 0 Å². The Bertz CT molecular complexity index is 942.